The number of aryl methyl sites for hydroxylation is 1. The number of benzene rings is 16. The molecule has 0 bridgehead atoms. The average Bonchev–Trinajstić information content (AvgIpc) is 1.54. The lowest BCUT2D eigenvalue weighted by Crippen LogP contribution is -2.09. The maximum Gasteiger partial charge on any atom is 0.0548 e. The summed E-state index contributed by atoms with van der Waals surface area (Å²) >= 11 is 7.64. The van der Waals surface area contributed by atoms with E-state index in [1.807, 2.05) is 45.3 Å². The third-order valence-corrected chi connectivity index (χ3v) is 26.5. The largest absolute Gasteiger partial charge is 0.311 e. The molecule has 0 N–H and O–H groups in total. The molecule has 0 unspecified atom stereocenters. The number of thiophene rings is 4. The number of rotatable bonds is 20. The van der Waals surface area contributed by atoms with Crippen LogP contribution in [0.5, 0.6) is 0 Å². The molecule has 0 radical (unpaired) electrons. The van der Waals surface area contributed by atoms with Crippen LogP contribution < -0.4 is 19.6 Å². The average molecular weight is 1570 g/mol. The van der Waals surface area contributed by atoms with Crippen LogP contribution in [0.25, 0.3) is 105 Å². The molecule has 0 saturated heterocycles. The smallest absolute Gasteiger partial charge is 0.0548 e. The van der Waals surface area contributed by atoms with Crippen molar-refractivity contribution >= 4 is 132 Å². The second kappa shape index (κ2) is 33.6. The van der Waals surface area contributed by atoms with Crippen molar-refractivity contribution < 1.29 is 0 Å². The van der Waals surface area contributed by atoms with E-state index < -0.39 is 0 Å². The molecular formula is C109H78N4S4. The summed E-state index contributed by atoms with van der Waals surface area (Å²) in [5.41, 5.74) is 29.6. The Bertz CT molecular complexity index is 6290. The van der Waals surface area contributed by atoms with Crippen LogP contribution in [0.3, 0.4) is 0 Å². The van der Waals surface area contributed by atoms with Crippen LogP contribution >= 0.6 is 45.3 Å². The molecule has 4 aromatic heterocycles. The van der Waals surface area contributed by atoms with Crippen LogP contribution in [-0.2, 0) is 0 Å². The molecule has 16 aromatic carbocycles. The van der Waals surface area contributed by atoms with Gasteiger partial charge in [-0.05, 0) is 197 Å². The first kappa shape index (κ1) is 73.2. The first-order valence-electron chi connectivity index (χ1n) is 39.4. The van der Waals surface area contributed by atoms with Gasteiger partial charge >= 0.3 is 0 Å². The molecule has 0 amide bonds. The molecule has 0 atom stereocenters. The molecule has 0 aliphatic heterocycles. The van der Waals surface area contributed by atoms with Crippen molar-refractivity contribution in [3.63, 3.8) is 0 Å². The summed E-state index contributed by atoms with van der Waals surface area (Å²) in [4.78, 5) is 14.4. The lowest BCUT2D eigenvalue weighted by atomic mass is 9.99. The first-order valence-corrected chi connectivity index (χ1v) is 42.7. The van der Waals surface area contributed by atoms with Crippen LogP contribution in [0.1, 0.15) is 5.56 Å². The minimum absolute atomic E-state index is 1.12. The topological polar surface area (TPSA) is 13.0 Å². The van der Waals surface area contributed by atoms with E-state index in [2.05, 4.69) is 482 Å². The van der Waals surface area contributed by atoms with Gasteiger partial charge in [0.25, 0.3) is 0 Å². The standard InChI is InChI=1S/C55H40N2S2.C54H38N2S2/c1-39-27-29-43(30-28-39)53-51(41-33-37-49(38-34-41)57(46-23-13-5-14-24-46)47-25-15-6-16-26-47)55-54(59-53)50(52(58-55)42-17-7-2-8-18-42)40-31-35-48(36-32-40)56(44-19-9-3-10-20-44)45-21-11-4-12-22-45;1-7-19-41(20-8-1)51-49(39-31-35-47(36-32-39)55(43-23-11-3-12-24-43)44-25-13-4-14-26-44)53-54(57-51)50(52(58-53)42-21-9-2-10-22-42)40-33-37-48(38-34-40)56(45-27-15-5-16-28-45)46-29-17-6-18-30-46/h2-38H,1H3;1-38H. The molecule has 4 heterocycles. The third kappa shape index (κ3) is 15.1. The Balaban J connectivity index is 0.000000156. The highest BCUT2D eigenvalue weighted by Gasteiger charge is 2.29. The van der Waals surface area contributed by atoms with Crippen molar-refractivity contribution in [3.05, 3.63) is 461 Å². The molecule has 117 heavy (non-hydrogen) atoms. The van der Waals surface area contributed by atoms with Crippen LogP contribution in [0.15, 0.2) is 455 Å². The first-order chi connectivity index (χ1) is 58.0. The summed E-state index contributed by atoms with van der Waals surface area (Å²) in [6.07, 6.45) is 0. The van der Waals surface area contributed by atoms with Gasteiger partial charge in [0.1, 0.15) is 0 Å². The third-order valence-electron chi connectivity index (χ3n) is 21.2. The number of anilines is 12. The van der Waals surface area contributed by atoms with Crippen LogP contribution in [0, 0.1) is 6.92 Å². The fourth-order valence-corrected chi connectivity index (χ4v) is 21.7. The molecule has 20 aromatic rings. The van der Waals surface area contributed by atoms with Crippen molar-refractivity contribution in [2.45, 2.75) is 6.92 Å². The molecule has 0 saturated carbocycles. The van der Waals surface area contributed by atoms with Gasteiger partial charge in [0.2, 0.25) is 0 Å². The fourth-order valence-electron chi connectivity index (χ4n) is 15.7. The maximum absolute atomic E-state index is 2.32. The van der Waals surface area contributed by atoms with Crippen molar-refractivity contribution in [2.24, 2.45) is 0 Å². The molecule has 4 nitrogen and oxygen atoms in total. The second-order valence-corrected chi connectivity index (χ2v) is 32.8. The summed E-state index contributed by atoms with van der Waals surface area (Å²) in [5, 5.41) is 0. The number of hydrogen-bond acceptors (Lipinski definition) is 8. The Morgan fingerprint density at radius 3 is 0.444 bits per heavy atom. The highest BCUT2D eigenvalue weighted by Crippen LogP contribution is 2.58. The van der Waals surface area contributed by atoms with Crippen LogP contribution in [0.4, 0.5) is 68.2 Å². The number of fused-ring (bicyclic) bond motifs is 2. The van der Waals surface area contributed by atoms with E-state index in [1.54, 1.807) is 0 Å². The zero-order valence-electron chi connectivity index (χ0n) is 64.2. The highest BCUT2D eigenvalue weighted by molar-refractivity contribution is 7.34. The number of para-hydroxylation sites is 8. The molecular weight excluding hydrogens is 1490 g/mol. The Kier molecular flexibility index (Phi) is 21.0. The zero-order chi connectivity index (χ0) is 78.2. The fraction of sp³-hybridized carbons (Fsp3) is 0.00917. The van der Waals surface area contributed by atoms with E-state index in [9.17, 15) is 0 Å². The van der Waals surface area contributed by atoms with E-state index in [0.29, 0.717) is 0 Å². The maximum atomic E-state index is 2.32. The van der Waals surface area contributed by atoms with E-state index in [4.69, 9.17) is 0 Å². The van der Waals surface area contributed by atoms with Gasteiger partial charge in [0.05, 0.1) is 18.8 Å². The predicted octanol–water partition coefficient (Wildman–Crippen LogP) is 33.4. The quantitative estimate of drug-likeness (QED) is 0.0754. The van der Waals surface area contributed by atoms with Crippen LogP contribution in [0.2, 0.25) is 0 Å². The summed E-state index contributed by atoms with van der Waals surface area (Å²) in [6, 6.07) is 163. The van der Waals surface area contributed by atoms with Gasteiger partial charge in [-0.25, -0.2) is 0 Å². The SMILES string of the molecule is Cc1ccc(-c2sc3c(-c4ccc(N(c5ccccc5)c5ccccc5)cc4)c(-c4ccccc4)sc3c2-c2ccc(N(c3ccccc3)c3ccccc3)cc2)cc1.c1ccc(-c2sc3c(-c4ccc(N(c5ccccc5)c5ccccc5)cc4)c(-c4ccccc4)sc3c2-c2ccc(N(c3ccccc3)c3ccccc3)cc2)cc1. The van der Waals surface area contributed by atoms with E-state index in [1.165, 1.54) is 111 Å². The normalized spacial score (nSPS) is 11.1. The van der Waals surface area contributed by atoms with Crippen molar-refractivity contribution in [1.29, 1.82) is 0 Å². The molecule has 20 rings (SSSR count). The van der Waals surface area contributed by atoms with Gasteiger partial charge in [-0.3, -0.25) is 0 Å². The Morgan fingerprint density at radius 1 is 0.137 bits per heavy atom. The lowest BCUT2D eigenvalue weighted by Gasteiger charge is -2.25. The van der Waals surface area contributed by atoms with Crippen LogP contribution in [-0.4, -0.2) is 0 Å². The molecule has 0 aliphatic carbocycles. The molecule has 558 valence electrons. The lowest BCUT2D eigenvalue weighted by molar-refractivity contribution is 1.28. The summed E-state index contributed by atoms with van der Waals surface area (Å²) in [7, 11) is 0. The minimum atomic E-state index is 1.12. The zero-order valence-corrected chi connectivity index (χ0v) is 67.5. The summed E-state index contributed by atoms with van der Waals surface area (Å²) in [5.74, 6) is 0. The van der Waals surface area contributed by atoms with Crippen molar-refractivity contribution in [3.8, 4) is 86.3 Å². The molecule has 0 aliphatic rings. The van der Waals surface area contributed by atoms with Gasteiger partial charge < -0.3 is 19.6 Å². The monoisotopic (exact) mass is 1570 g/mol. The minimum Gasteiger partial charge on any atom is -0.311 e. The van der Waals surface area contributed by atoms with Gasteiger partial charge in [0.15, 0.2) is 0 Å². The van der Waals surface area contributed by atoms with Crippen molar-refractivity contribution in [2.75, 3.05) is 19.6 Å². The van der Waals surface area contributed by atoms with Gasteiger partial charge in [-0.15, -0.1) is 45.3 Å². The van der Waals surface area contributed by atoms with Gasteiger partial charge in [-0.2, -0.15) is 0 Å². The second-order valence-electron chi connectivity index (χ2n) is 28.7. The van der Waals surface area contributed by atoms with E-state index in [-0.39, 0.29) is 0 Å². The van der Waals surface area contributed by atoms with Gasteiger partial charge in [0, 0.05) is 110 Å². The van der Waals surface area contributed by atoms with Gasteiger partial charge in [-0.1, -0.05) is 315 Å². The number of hydrogen-bond donors (Lipinski definition) is 0. The number of nitrogens with zero attached hydrogens (tertiary/aromatic N) is 4. The molecule has 0 spiro atoms. The Labute approximate surface area is 700 Å². The van der Waals surface area contributed by atoms with E-state index in [0.717, 1.165) is 68.2 Å². The van der Waals surface area contributed by atoms with E-state index >= 15 is 0 Å². The predicted molar refractivity (Wildman–Crippen MR) is 506 cm³/mol. The highest BCUT2D eigenvalue weighted by atomic mass is 32.1. The molecule has 0 fully saturated rings. The molecule has 8 heteroatoms. The Hall–Kier alpha value is -14.0. The summed E-state index contributed by atoms with van der Waals surface area (Å²) in [6.45, 7) is 2.16. The summed E-state index contributed by atoms with van der Waals surface area (Å²) < 4.78 is 5.25. The van der Waals surface area contributed by atoms with Crippen molar-refractivity contribution in [1.82, 2.24) is 0 Å². The Morgan fingerprint density at radius 2 is 0.274 bits per heavy atom.